The molecule has 0 saturated carbocycles. The van der Waals surface area contributed by atoms with Crippen LogP contribution in [0.4, 0.5) is 42.5 Å². The number of hydrogen-bond acceptors (Lipinski definition) is 4. The Bertz CT molecular complexity index is 1210. The number of para-hydroxylation sites is 1. The number of ether oxygens (including phenoxy) is 1. The van der Waals surface area contributed by atoms with Crippen LogP contribution in [0.15, 0.2) is 60.7 Å². The Balaban J connectivity index is 1.73. The lowest BCUT2D eigenvalue weighted by atomic mass is 10.2. The summed E-state index contributed by atoms with van der Waals surface area (Å²) in [6, 6.07) is 13.0. The Hall–Kier alpha value is -4.03. The van der Waals surface area contributed by atoms with Crippen molar-refractivity contribution < 1.29 is 40.7 Å². The Morgan fingerprint density at radius 1 is 1.00 bits per heavy atom. The van der Waals surface area contributed by atoms with Gasteiger partial charge in [0, 0.05) is 24.5 Å². The lowest BCUT2D eigenvalue weighted by Crippen LogP contribution is -2.37. The van der Waals surface area contributed by atoms with Crippen molar-refractivity contribution in [2.75, 3.05) is 17.3 Å². The fourth-order valence-electron chi connectivity index (χ4n) is 3.11. The van der Waals surface area contributed by atoms with Crippen LogP contribution in [0.5, 0.6) is 0 Å². The maximum absolute atomic E-state index is 13.3. The standard InChI is InChI=1S/C23H20F6N4O3/c1-3-17(36-21(35)32(2)15-7-5-4-6-8-15)20(34)30-14-9-11-16(12-10-14)33-19(23(27,28)29)13-18(31-33)22(24,25)26/h4-13,17H,3H2,1-2H3,(H,30,34)/t17-/m1/s1. The van der Waals surface area contributed by atoms with E-state index in [1.165, 1.54) is 24.1 Å². The molecule has 1 N–H and O–H groups in total. The second-order valence-electron chi connectivity index (χ2n) is 7.53. The van der Waals surface area contributed by atoms with Crippen LogP contribution in [0, 0.1) is 0 Å². The van der Waals surface area contributed by atoms with Gasteiger partial charge in [-0.05, 0) is 42.8 Å². The quantitative estimate of drug-likeness (QED) is 0.416. The first-order valence-electron chi connectivity index (χ1n) is 10.5. The third-order valence-corrected chi connectivity index (χ3v) is 4.99. The smallest absolute Gasteiger partial charge is 0.435 e. The van der Waals surface area contributed by atoms with Crippen molar-refractivity contribution >= 4 is 23.4 Å². The largest absolute Gasteiger partial charge is 0.436 e. The van der Waals surface area contributed by atoms with E-state index in [2.05, 4.69) is 10.4 Å². The molecule has 2 aromatic carbocycles. The van der Waals surface area contributed by atoms with E-state index < -0.39 is 41.8 Å². The third-order valence-electron chi connectivity index (χ3n) is 4.99. The van der Waals surface area contributed by atoms with Crippen LogP contribution in [-0.4, -0.2) is 34.9 Å². The molecule has 3 rings (SSSR count). The maximum atomic E-state index is 13.3. The van der Waals surface area contributed by atoms with Crippen LogP contribution in [0.25, 0.3) is 5.69 Å². The number of rotatable bonds is 6. The van der Waals surface area contributed by atoms with Gasteiger partial charge in [0.15, 0.2) is 11.8 Å². The summed E-state index contributed by atoms with van der Waals surface area (Å²) in [6.45, 7) is 1.61. The highest BCUT2D eigenvalue weighted by atomic mass is 19.4. The minimum Gasteiger partial charge on any atom is -0.436 e. The molecule has 0 aliphatic rings. The molecule has 0 spiro atoms. The van der Waals surface area contributed by atoms with Gasteiger partial charge in [-0.2, -0.15) is 31.4 Å². The first-order valence-corrected chi connectivity index (χ1v) is 10.5. The van der Waals surface area contributed by atoms with Gasteiger partial charge < -0.3 is 10.1 Å². The van der Waals surface area contributed by atoms with E-state index in [0.29, 0.717) is 5.69 Å². The Morgan fingerprint density at radius 3 is 2.14 bits per heavy atom. The molecule has 7 nitrogen and oxygen atoms in total. The van der Waals surface area contributed by atoms with E-state index in [0.717, 1.165) is 12.1 Å². The van der Waals surface area contributed by atoms with Crippen molar-refractivity contribution in [3.05, 3.63) is 72.1 Å². The topological polar surface area (TPSA) is 76.5 Å². The van der Waals surface area contributed by atoms with Gasteiger partial charge in [-0.1, -0.05) is 25.1 Å². The van der Waals surface area contributed by atoms with E-state index in [1.807, 2.05) is 0 Å². The molecule has 0 bridgehead atoms. The molecule has 0 aliphatic carbocycles. The molecule has 1 atom stereocenters. The van der Waals surface area contributed by atoms with Crippen molar-refractivity contribution in [2.24, 2.45) is 0 Å². The van der Waals surface area contributed by atoms with Crippen LogP contribution in [-0.2, 0) is 21.9 Å². The van der Waals surface area contributed by atoms with Crippen molar-refractivity contribution in [1.29, 1.82) is 0 Å². The van der Waals surface area contributed by atoms with Crippen LogP contribution in [0.3, 0.4) is 0 Å². The lowest BCUT2D eigenvalue weighted by molar-refractivity contribution is -0.143. The number of carbonyl (C=O) groups excluding carboxylic acids is 2. The summed E-state index contributed by atoms with van der Waals surface area (Å²) in [5.74, 6) is -0.700. The number of carbonyl (C=O) groups is 2. The SMILES string of the molecule is CC[C@@H](OC(=O)N(C)c1ccccc1)C(=O)Nc1ccc(-n2nc(C(F)(F)F)cc2C(F)(F)F)cc1. The number of amides is 2. The molecule has 0 fully saturated rings. The minimum atomic E-state index is -5.09. The Morgan fingerprint density at radius 2 is 1.61 bits per heavy atom. The van der Waals surface area contributed by atoms with Crippen molar-refractivity contribution in [2.45, 2.75) is 31.8 Å². The number of nitrogens with one attached hydrogen (secondary N) is 1. The van der Waals surface area contributed by atoms with E-state index in [1.54, 1.807) is 37.3 Å². The van der Waals surface area contributed by atoms with Gasteiger partial charge in [0.25, 0.3) is 5.91 Å². The van der Waals surface area contributed by atoms with E-state index in [9.17, 15) is 35.9 Å². The second kappa shape index (κ2) is 10.3. The molecule has 3 aromatic rings. The lowest BCUT2D eigenvalue weighted by Gasteiger charge is -2.21. The summed E-state index contributed by atoms with van der Waals surface area (Å²) in [6.07, 6.45) is -12.0. The highest BCUT2D eigenvalue weighted by Gasteiger charge is 2.42. The van der Waals surface area contributed by atoms with Crippen LogP contribution in [0.1, 0.15) is 24.7 Å². The van der Waals surface area contributed by atoms with Crippen molar-refractivity contribution in [1.82, 2.24) is 9.78 Å². The highest BCUT2D eigenvalue weighted by Crippen LogP contribution is 2.36. The van der Waals surface area contributed by atoms with Gasteiger partial charge in [0.2, 0.25) is 0 Å². The second-order valence-corrected chi connectivity index (χ2v) is 7.53. The molecule has 0 saturated heterocycles. The summed E-state index contributed by atoms with van der Waals surface area (Å²) in [4.78, 5) is 26.2. The van der Waals surface area contributed by atoms with E-state index in [-0.39, 0.29) is 28.5 Å². The molecule has 0 radical (unpaired) electrons. The van der Waals surface area contributed by atoms with Gasteiger partial charge in [-0.3, -0.25) is 9.69 Å². The van der Waals surface area contributed by atoms with Crippen LogP contribution < -0.4 is 10.2 Å². The number of alkyl halides is 6. The Labute approximate surface area is 201 Å². The minimum absolute atomic E-state index is 0.0810. The van der Waals surface area contributed by atoms with E-state index >= 15 is 0 Å². The third kappa shape index (κ3) is 6.15. The molecular weight excluding hydrogens is 494 g/mol. The average molecular weight is 514 g/mol. The molecule has 2 amide bonds. The normalized spacial score (nSPS) is 12.7. The molecule has 1 heterocycles. The number of halogens is 6. The predicted octanol–water partition coefficient (Wildman–Crippen LogP) is 5.90. The zero-order chi connectivity index (χ0) is 26.7. The van der Waals surface area contributed by atoms with Gasteiger partial charge in [0.05, 0.1) is 5.69 Å². The average Bonchev–Trinajstić information content (AvgIpc) is 3.30. The summed E-state index contributed by atoms with van der Waals surface area (Å²) in [5, 5.41) is 5.51. The monoisotopic (exact) mass is 514 g/mol. The molecule has 0 unspecified atom stereocenters. The van der Waals surface area contributed by atoms with Crippen LogP contribution in [0.2, 0.25) is 0 Å². The molecule has 192 valence electrons. The molecule has 1 aromatic heterocycles. The zero-order valence-corrected chi connectivity index (χ0v) is 18.9. The predicted molar refractivity (Wildman–Crippen MR) is 118 cm³/mol. The van der Waals surface area contributed by atoms with Gasteiger partial charge in [-0.15, -0.1) is 0 Å². The zero-order valence-electron chi connectivity index (χ0n) is 18.9. The summed E-state index contributed by atoms with van der Waals surface area (Å²) in [5.41, 5.74) is -2.95. The molecule has 0 aliphatic heterocycles. The number of hydrogen-bond donors (Lipinski definition) is 1. The highest BCUT2D eigenvalue weighted by molar-refractivity contribution is 5.96. The number of nitrogens with zero attached hydrogens (tertiary/aromatic N) is 3. The number of aromatic nitrogens is 2. The first kappa shape index (κ1) is 26.6. The number of anilines is 2. The van der Waals surface area contributed by atoms with Crippen molar-refractivity contribution in [3.8, 4) is 5.69 Å². The van der Waals surface area contributed by atoms with Crippen molar-refractivity contribution in [3.63, 3.8) is 0 Å². The van der Waals surface area contributed by atoms with Gasteiger partial charge in [-0.25, -0.2) is 9.48 Å². The van der Waals surface area contributed by atoms with Gasteiger partial charge in [0.1, 0.15) is 5.69 Å². The summed E-state index contributed by atoms with van der Waals surface area (Å²) < 4.78 is 83.9. The maximum Gasteiger partial charge on any atom is 0.435 e. The van der Waals surface area contributed by atoms with Gasteiger partial charge >= 0.3 is 18.4 Å². The first-order chi connectivity index (χ1) is 16.8. The molecule has 13 heteroatoms. The van der Waals surface area contributed by atoms with E-state index in [4.69, 9.17) is 4.74 Å². The number of benzene rings is 2. The van der Waals surface area contributed by atoms with Crippen LogP contribution >= 0.6 is 0 Å². The molecular formula is C23H20F6N4O3. The Kier molecular flexibility index (Phi) is 7.60. The fourth-order valence-corrected chi connectivity index (χ4v) is 3.11. The molecule has 36 heavy (non-hydrogen) atoms. The summed E-state index contributed by atoms with van der Waals surface area (Å²) in [7, 11) is 1.47. The summed E-state index contributed by atoms with van der Waals surface area (Å²) >= 11 is 0. The fraction of sp³-hybridized carbons (Fsp3) is 0.261.